The van der Waals surface area contributed by atoms with Crippen molar-refractivity contribution in [3.63, 3.8) is 0 Å². The Hall–Kier alpha value is -2.42. The van der Waals surface area contributed by atoms with Crippen LogP contribution in [-0.2, 0) is 0 Å². The van der Waals surface area contributed by atoms with Crippen molar-refractivity contribution in [2.45, 2.75) is 6.92 Å². The van der Waals surface area contributed by atoms with Gasteiger partial charge in [0.15, 0.2) is 5.58 Å². The molecule has 0 N–H and O–H groups in total. The van der Waals surface area contributed by atoms with Gasteiger partial charge in [0.2, 0.25) is 5.78 Å². The molecule has 3 aromatic rings. The zero-order valence-electron chi connectivity index (χ0n) is 9.88. The SMILES string of the molecule is Cc1ccc2nc(C(=O)c3ccccc3)oc2c1. The first-order valence-electron chi connectivity index (χ1n) is 5.71. The Labute approximate surface area is 104 Å². The molecule has 0 aliphatic rings. The highest BCUT2D eigenvalue weighted by molar-refractivity contribution is 6.06. The van der Waals surface area contributed by atoms with Gasteiger partial charge in [-0.3, -0.25) is 4.79 Å². The van der Waals surface area contributed by atoms with Crippen molar-refractivity contribution in [3.05, 3.63) is 65.5 Å². The van der Waals surface area contributed by atoms with Gasteiger partial charge in [-0.15, -0.1) is 0 Å². The molecule has 2 aromatic carbocycles. The summed E-state index contributed by atoms with van der Waals surface area (Å²) in [5.74, 6) is -0.0498. The predicted molar refractivity (Wildman–Crippen MR) is 68.6 cm³/mol. The molecule has 0 saturated carbocycles. The second-order valence-electron chi connectivity index (χ2n) is 4.19. The number of nitrogens with zero attached hydrogens (tertiary/aromatic N) is 1. The van der Waals surface area contributed by atoms with Crippen LogP contribution in [0.4, 0.5) is 0 Å². The Kier molecular flexibility index (Phi) is 2.45. The van der Waals surface area contributed by atoms with Gasteiger partial charge in [0.25, 0.3) is 5.89 Å². The van der Waals surface area contributed by atoms with Crippen LogP contribution in [0.1, 0.15) is 21.8 Å². The summed E-state index contributed by atoms with van der Waals surface area (Å²) in [5.41, 5.74) is 3.02. The van der Waals surface area contributed by atoms with E-state index in [1.54, 1.807) is 12.1 Å². The van der Waals surface area contributed by atoms with Crippen molar-refractivity contribution in [1.29, 1.82) is 0 Å². The van der Waals surface area contributed by atoms with E-state index in [1.165, 1.54) is 0 Å². The summed E-state index contributed by atoms with van der Waals surface area (Å²) < 4.78 is 5.50. The number of carbonyl (C=O) groups excluding carboxylic acids is 1. The highest BCUT2D eigenvalue weighted by Crippen LogP contribution is 2.19. The van der Waals surface area contributed by atoms with Crippen LogP contribution in [0.2, 0.25) is 0 Å². The van der Waals surface area contributed by atoms with Crippen LogP contribution in [-0.4, -0.2) is 10.8 Å². The zero-order valence-corrected chi connectivity index (χ0v) is 9.88. The first-order chi connectivity index (χ1) is 8.74. The molecule has 0 bridgehead atoms. The zero-order chi connectivity index (χ0) is 12.5. The van der Waals surface area contributed by atoms with Gasteiger partial charge < -0.3 is 4.42 Å². The third kappa shape index (κ3) is 1.80. The first-order valence-corrected chi connectivity index (χ1v) is 5.71. The smallest absolute Gasteiger partial charge is 0.269 e. The molecule has 0 aliphatic carbocycles. The lowest BCUT2D eigenvalue weighted by Crippen LogP contribution is -2.00. The van der Waals surface area contributed by atoms with E-state index in [4.69, 9.17) is 4.42 Å². The van der Waals surface area contributed by atoms with E-state index in [0.717, 1.165) is 5.56 Å². The number of aromatic nitrogens is 1. The minimum absolute atomic E-state index is 0.141. The predicted octanol–water partition coefficient (Wildman–Crippen LogP) is 3.37. The molecule has 0 aliphatic heterocycles. The minimum Gasteiger partial charge on any atom is -0.433 e. The molecule has 1 aromatic heterocycles. The van der Waals surface area contributed by atoms with Crippen molar-refractivity contribution in [2.75, 3.05) is 0 Å². The van der Waals surface area contributed by atoms with Crippen LogP contribution in [0.5, 0.6) is 0 Å². The Balaban J connectivity index is 2.07. The van der Waals surface area contributed by atoms with E-state index in [2.05, 4.69) is 4.98 Å². The van der Waals surface area contributed by atoms with Crippen LogP contribution in [0.3, 0.4) is 0 Å². The van der Waals surface area contributed by atoms with Crippen molar-refractivity contribution < 1.29 is 9.21 Å². The molecule has 1 heterocycles. The van der Waals surface area contributed by atoms with Crippen LogP contribution in [0.25, 0.3) is 11.1 Å². The van der Waals surface area contributed by atoms with Gasteiger partial charge in [-0.1, -0.05) is 36.4 Å². The monoisotopic (exact) mass is 237 g/mol. The second kappa shape index (κ2) is 4.11. The van der Waals surface area contributed by atoms with Gasteiger partial charge in [0, 0.05) is 5.56 Å². The summed E-state index contributed by atoms with van der Waals surface area (Å²) in [5, 5.41) is 0. The van der Waals surface area contributed by atoms with Crippen molar-refractivity contribution in [2.24, 2.45) is 0 Å². The fraction of sp³-hybridized carbons (Fsp3) is 0.0667. The first kappa shape index (κ1) is 10.7. The number of oxazole rings is 1. The molecule has 0 amide bonds. The number of hydrogen-bond acceptors (Lipinski definition) is 3. The van der Waals surface area contributed by atoms with Crippen molar-refractivity contribution in [3.8, 4) is 0 Å². The number of rotatable bonds is 2. The summed E-state index contributed by atoms with van der Waals surface area (Å²) in [7, 11) is 0. The maximum absolute atomic E-state index is 12.1. The molecule has 0 saturated heterocycles. The Morgan fingerprint density at radius 2 is 1.89 bits per heavy atom. The van der Waals surface area contributed by atoms with Crippen molar-refractivity contribution in [1.82, 2.24) is 4.98 Å². The molecule has 0 radical (unpaired) electrons. The maximum Gasteiger partial charge on any atom is 0.269 e. The van der Waals surface area contributed by atoms with Crippen LogP contribution in [0.15, 0.2) is 52.9 Å². The van der Waals surface area contributed by atoms with E-state index in [0.29, 0.717) is 16.7 Å². The average Bonchev–Trinajstić information content (AvgIpc) is 2.81. The number of aryl methyl sites for hydroxylation is 1. The quantitative estimate of drug-likeness (QED) is 0.642. The van der Waals surface area contributed by atoms with Gasteiger partial charge in [-0.25, -0.2) is 4.98 Å². The van der Waals surface area contributed by atoms with Gasteiger partial charge in [-0.2, -0.15) is 0 Å². The second-order valence-corrected chi connectivity index (χ2v) is 4.19. The molecule has 3 nitrogen and oxygen atoms in total. The lowest BCUT2D eigenvalue weighted by molar-refractivity contribution is 0.100. The third-order valence-corrected chi connectivity index (χ3v) is 2.77. The van der Waals surface area contributed by atoms with Gasteiger partial charge >= 0.3 is 0 Å². The third-order valence-electron chi connectivity index (χ3n) is 2.77. The number of hydrogen-bond donors (Lipinski definition) is 0. The topological polar surface area (TPSA) is 43.1 Å². The molecule has 88 valence electrons. The standard InChI is InChI=1S/C15H11NO2/c1-10-7-8-12-13(9-10)18-15(16-12)14(17)11-5-3-2-4-6-11/h2-9H,1H3. The fourth-order valence-electron chi connectivity index (χ4n) is 1.84. The maximum atomic E-state index is 12.1. The molecular weight excluding hydrogens is 226 g/mol. The largest absolute Gasteiger partial charge is 0.433 e. The van der Waals surface area contributed by atoms with Gasteiger partial charge in [0.05, 0.1) is 0 Å². The summed E-state index contributed by atoms with van der Waals surface area (Å²) in [6, 6.07) is 14.7. The Morgan fingerprint density at radius 3 is 2.67 bits per heavy atom. The molecular formula is C15H11NO2. The minimum atomic E-state index is -0.190. The van der Waals surface area contributed by atoms with E-state index in [1.807, 2.05) is 43.3 Å². The summed E-state index contributed by atoms with van der Waals surface area (Å²) in [6.07, 6.45) is 0. The van der Waals surface area contributed by atoms with Gasteiger partial charge in [-0.05, 0) is 24.6 Å². The van der Waals surface area contributed by atoms with Gasteiger partial charge in [0.1, 0.15) is 5.52 Å². The lowest BCUT2D eigenvalue weighted by atomic mass is 10.1. The molecule has 18 heavy (non-hydrogen) atoms. The molecule has 0 unspecified atom stereocenters. The van der Waals surface area contributed by atoms with E-state index < -0.39 is 0 Å². The normalized spacial score (nSPS) is 10.7. The highest BCUT2D eigenvalue weighted by atomic mass is 16.4. The van der Waals surface area contributed by atoms with E-state index >= 15 is 0 Å². The molecule has 0 spiro atoms. The number of fused-ring (bicyclic) bond motifs is 1. The van der Waals surface area contributed by atoms with Crippen molar-refractivity contribution >= 4 is 16.9 Å². The molecule has 3 heteroatoms. The summed E-state index contributed by atoms with van der Waals surface area (Å²) >= 11 is 0. The number of ketones is 1. The van der Waals surface area contributed by atoms with E-state index in [-0.39, 0.29) is 11.7 Å². The highest BCUT2D eigenvalue weighted by Gasteiger charge is 2.15. The van der Waals surface area contributed by atoms with E-state index in [9.17, 15) is 4.79 Å². The summed E-state index contributed by atoms with van der Waals surface area (Å²) in [6.45, 7) is 1.97. The van der Waals surface area contributed by atoms with Crippen LogP contribution < -0.4 is 0 Å². The Bertz CT molecular complexity index is 714. The van der Waals surface area contributed by atoms with Crippen LogP contribution in [0, 0.1) is 6.92 Å². The fourth-order valence-corrected chi connectivity index (χ4v) is 1.84. The summed E-state index contributed by atoms with van der Waals surface area (Å²) in [4.78, 5) is 16.4. The molecule has 3 rings (SSSR count). The molecule has 0 fully saturated rings. The average molecular weight is 237 g/mol. The molecule has 0 atom stereocenters. The van der Waals surface area contributed by atoms with Crippen LogP contribution >= 0.6 is 0 Å². The number of benzene rings is 2. The lowest BCUT2D eigenvalue weighted by Gasteiger charge is -1.94. The number of carbonyl (C=O) groups is 1. The Morgan fingerprint density at radius 1 is 1.11 bits per heavy atom.